The molecule has 1 saturated carbocycles. The molecule has 0 amide bonds. The Morgan fingerprint density at radius 1 is 1.09 bits per heavy atom. The van der Waals surface area contributed by atoms with Gasteiger partial charge in [-0.25, -0.2) is 4.98 Å². The summed E-state index contributed by atoms with van der Waals surface area (Å²) in [5.41, 5.74) is 2.88. The smallest absolute Gasteiger partial charge is 0.247 e. The Bertz CT molecular complexity index is 1360. The molecular formula is C24H24ClN9O. The van der Waals surface area contributed by atoms with Gasteiger partial charge in [-0.1, -0.05) is 11.6 Å². The Morgan fingerprint density at radius 3 is 2.54 bits per heavy atom. The number of fused-ring (bicyclic) bond motifs is 1. The fraction of sp³-hybridized carbons (Fsp3) is 0.458. The average Bonchev–Trinajstić information content (AvgIpc) is 3.56. The van der Waals surface area contributed by atoms with Gasteiger partial charge in [-0.05, 0) is 62.4 Å². The molecule has 35 heavy (non-hydrogen) atoms. The lowest BCUT2D eigenvalue weighted by molar-refractivity contribution is -0.0712. The first kappa shape index (κ1) is 22.1. The lowest BCUT2D eigenvalue weighted by atomic mass is 9.87. The number of likely N-dealkylation sites (tertiary alicyclic amines) is 1. The first-order valence-corrected chi connectivity index (χ1v) is 12.3. The van der Waals surface area contributed by atoms with E-state index in [0.717, 1.165) is 57.6 Å². The fourth-order valence-corrected chi connectivity index (χ4v) is 5.07. The molecule has 6 rings (SSSR count). The number of piperidine rings is 1. The normalized spacial score (nSPS) is 19.2. The molecule has 3 fully saturated rings. The van der Waals surface area contributed by atoms with Crippen LogP contribution in [0.2, 0.25) is 5.02 Å². The third-order valence-electron chi connectivity index (χ3n) is 6.98. The highest BCUT2D eigenvalue weighted by Crippen LogP contribution is 2.39. The summed E-state index contributed by atoms with van der Waals surface area (Å²) in [5, 5.41) is 30.8. The van der Waals surface area contributed by atoms with E-state index in [1.54, 1.807) is 6.07 Å². The molecule has 11 heteroatoms. The van der Waals surface area contributed by atoms with Gasteiger partial charge in [0.2, 0.25) is 5.95 Å². The molecule has 2 saturated heterocycles. The minimum atomic E-state index is 0.267. The number of rotatable bonds is 6. The van der Waals surface area contributed by atoms with Gasteiger partial charge in [0.1, 0.15) is 6.07 Å². The van der Waals surface area contributed by atoms with E-state index in [0.29, 0.717) is 45.5 Å². The van der Waals surface area contributed by atoms with Gasteiger partial charge < -0.3 is 15.4 Å². The van der Waals surface area contributed by atoms with E-state index < -0.39 is 0 Å². The zero-order valence-electron chi connectivity index (χ0n) is 19.0. The Kier molecular flexibility index (Phi) is 5.65. The number of ether oxygens (including phenoxy) is 1. The van der Waals surface area contributed by atoms with E-state index in [2.05, 4.69) is 42.7 Å². The number of hydrogen-bond donors (Lipinski definition) is 2. The standard InChI is InChI=1S/C24H24ClN9O/c25-21-19(15-3-5-33(6-4-15)18-12-35-13-18)7-14(9-26)8-20(21)30-24-31-22(29-16-1-2-16)23-28-11-17(10-27)34(23)32-24/h7-8,11,15-16,18H,1-6,12-13H2,(H2,29,30,31,32). The largest absolute Gasteiger partial charge is 0.378 e. The van der Waals surface area contributed by atoms with E-state index >= 15 is 0 Å². The van der Waals surface area contributed by atoms with Crippen molar-refractivity contribution >= 4 is 34.7 Å². The highest BCUT2D eigenvalue weighted by molar-refractivity contribution is 6.34. The van der Waals surface area contributed by atoms with Gasteiger partial charge >= 0.3 is 0 Å². The van der Waals surface area contributed by atoms with Crippen molar-refractivity contribution in [1.82, 2.24) is 24.5 Å². The lowest BCUT2D eigenvalue weighted by Crippen LogP contribution is -2.51. The van der Waals surface area contributed by atoms with Crippen LogP contribution in [0.3, 0.4) is 0 Å². The van der Waals surface area contributed by atoms with Gasteiger partial charge in [-0.2, -0.15) is 20.0 Å². The maximum absolute atomic E-state index is 9.70. The Balaban J connectivity index is 1.31. The van der Waals surface area contributed by atoms with Gasteiger partial charge in [0.15, 0.2) is 17.2 Å². The Hall–Kier alpha value is -3.44. The van der Waals surface area contributed by atoms with E-state index in [1.807, 2.05) is 6.07 Å². The first-order chi connectivity index (χ1) is 17.1. The number of benzene rings is 1. The second-order valence-electron chi connectivity index (χ2n) is 9.36. The maximum atomic E-state index is 9.70. The molecule has 10 nitrogen and oxygen atoms in total. The molecule has 1 aliphatic carbocycles. The summed E-state index contributed by atoms with van der Waals surface area (Å²) in [6.07, 6.45) is 5.56. The molecule has 4 heterocycles. The third-order valence-corrected chi connectivity index (χ3v) is 7.40. The van der Waals surface area contributed by atoms with Crippen molar-refractivity contribution in [3.63, 3.8) is 0 Å². The molecule has 2 aromatic heterocycles. The van der Waals surface area contributed by atoms with Gasteiger partial charge in [-0.15, -0.1) is 5.10 Å². The molecule has 3 aromatic rings. The van der Waals surface area contributed by atoms with Crippen molar-refractivity contribution in [2.75, 3.05) is 36.9 Å². The molecule has 0 unspecified atom stereocenters. The summed E-state index contributed by atoms with van der Waals surface area (Å²) >= 11 is 6.90. The van der Waals surface area contributed by atoms with Crippen LogP contribution in [0.15, 0.2) is 18.3 Å². The molecule has 0 radical (unpaired) electrons. The van der Waals surface area contributed by atoms with Gasteiger partial charge in [0.05, 0.1) is 47.8 Å². The number of imidazole rings is 1. The summed E-state index contributed by atoms with van der Waals surface area (Å²) in [4.78, 5) is 11.4. The lowest BCUT2D eigenvalue weighted by Gasteiger charge is -2.41. The predicted molar refractivity (Wildman–Crippen MR) is 130 cm³/mol. The van der Waals surface area contributed by atoms with Crippen molar-refractivity contribution in [1.29, 1.82) is 10.5 Å². The van der Waals surface area contributed by atoms with Crippen LogP contribution < -0.4 is 10.6 Å². The number of anilines is 3. The summed E-state index contributed by atoms with van der Waals surface area (Å²) in [5.74, 6) is 1.10. The maximum Gasteiger partial charge on any atom is 0.247 e. The first-order valence-electron chi connectivity index (χ1n) is 11.9. The number of hydrogen-bond acceptors (Lipinski definition) is 9. The van der Waals surface area contributed by atoms with E-state index in [1.165, 1.54) is 10.7 Å². The molecule has 2 N–H and O–H groups in total. The summed E-state index contributed by atoms with van der Waals surface area (Å²) in [6, 6.07) is 8.86. The summed E-state index contributed by atoms with van der Waals surface area (Å²) in [6.45, 7) is 3.61. The van der Waals surface area contributed by atoms with Crippen LogP contribution in [0.25, 0.3) is 5.65 Å². The molecule has 2 aliphatic heterocycles. The highest BCUT2D eigenvalue weighted by Gasteiger charge is 2.31. The van der Waals surface area contributed by atoms with E-state index in [4.69, 9.17) is 16.3 Å². The third kappa shape index (κ3) is 4.25. The van der Waals surface area contributed by atoms with Crippen LogP contribution in [0.1, 0.15) is 48.4 Å². The van der Waals surface area contributed by atoms with Crippen molar-refractivity contribution in [2.24, 2.45) is 0 Å². The second kappa shape index (κ2) is 8.97. The SMILES string of the molecule is N#Cc1cc(Nc2nc(NC3CC3)c3ncc(C#N)n3n2)c(Cl)c(C2CCN(C3COC3)CC2)c1. The van der Waals surface area contributed by atoms with Crippen molar-refractivity contribution < 1.29 is 4.74 Å². The number of halogens is 1. The zero-order valence-corrected chi connectivity index (χ0v) is 19.8. The topological polar surface area (TPSA) is 127 Å². The second-order valence-corrected chi connectivity index (χ2v) is 9.74. The Morgan fingerprint density at radius 2 is 1.89 bits per heavy atom. The molecule has 0 bridgehead atoms. The molecule has 178 valence electrons. The number of nitriles is 2. The molecule has 1 aromatic carbocycles. The zero-order chi connectivity index (χ0) is 23.9. The number of aromatic nitrogens is 4. The van der Waals surface area contributed by atoms with Crippen LogP contribution in [0, 0.1) is 22.7 Å². The van der Waals surface area contributed by atoms with Gasteiger partial charge in [0, 0.05) is 6.04 Å². The van der Waals surface area contributed by atoms with Crippen molar-refractivity contribution in [3.05, 3.63) is 40.2 Å². The monoisotopic (exact) mass is 489 g/mol. The minimum Gasteiger partial charge on any atom is -0.378 e. The van der Waals surface area contributed by atoms with Crippen LogP contribution in [0.4, 0.5) is 17.5 Å². The van der Waals surface area contributed by atoms with Crippen LogP contribution in [-0.4, -0.2) is 62.9 Å². The van der Waals surface area contributed by atoms with Crippen molar-refractivity contribution in [2.45, 2.75) is 43.7 Å². The van der Waals surface area contributed by atoms with Crippen molar-refractivity contribution in [3.8, 4) is 12.1 Å². The minimum absolute atomic E-state index is 0.267. The molecule has 0 atom stereocenters. The van der Waals surface area contributed by atoms with Crippen LogP contribution in [-0.2, 0) is 4.74 Å². The van der Waals surface area contributed by atoms with E-state index in [-0.39, 0.29) is 11.9 Å². The number of nitrogens with one attached hydrogen (secondary N) is 2. The highest BCUT2D eigenvalue weighted by atomic mass is 35.5. The number of nitrogens with zero attached hydrogens (tertiary/aromatic N) is 7. The van der Waals surface area contributed by atoms with Gasteiger partial charge in [-0.3, -0.25) is 4.90 Å². The molecule has 0 spiro atoms. The molecule has 3 aliphatic rings. The average molecular weight is 490 g/mol. The summed E-state index contributed by atoms with van der Waals surface area (Å²) < 4.78 is 6.82. The molecular weight excluding hydrogens is 466 g/mol. The quantitative estimate of drug-likeness (QED) is 0.535. The fourth-order valence-electron chi connectivity index (χ4n) is 4.76. The van der Waals surface area contributed by atoms with Gasteiger partial charge in [0.25, 0.3) is 0 Å². The van der Waals surface area contributed by atoms with Crippen LogP contribution in [0.5, 0.6) is 0 Å². The van der Waals surface area contributed by atoms with Crippen LogP contribution >= 0.6 is 11.6 Å². The Labute approximate surface area is 207 Å². The summed E-state index contributed by atoms with van der Waals surface area (Å²) in [7, 11) is 0. The predicted octanol–water partition coefficient (Wildman–Crippen LogP) is 3.42. The van der Waals surface area contributed by atoms with E-state index in [9.17, 15) is 10.5 Å².